The number of aliphatic hydroxyl groups excluding tert-OH is 1. The summed E-state index contributed by atoms with van der Waals surface area (Å²) in [6.45, 7) is 8.85. The lowest BCUT2D eigenvalue weighted by Gasteiger charge is -2.60. The highest BCUT2D eigenvalue weighted by Crippen LogP contribution is 2.77. The molecule has 0 aromatic carbocycles. The molecule has 0 aromatic heterocycles. The second-order valence-electron chi connectivity index (χ2n) is 9.43. The minimum Gasteiger partial charge on any atom is -0.396 e. The van der Waals surface area contributed by atoms with Crippen LogP contribution < -0.4 is 0 Å². The molecule has 23 heavy (non-hydrogen) atoms. The van der Waals surface area contributed by atoms with Crippen LogP contribution in [0.15, 0.2) is 11.1 Å². The lowest BCUT2D eigenvalue weighted by molar-refractivity contribution is -0.184. The molecule has 0 saturated heterocycles. The van der Waals surface area contributed by atoms with E-state index in [4.69, 9.17) is 0 Å². The van der Waals surface area contributed by atoms with Crippen LogP contribution in [-0.2, 0) is 4.79 Å². The van der Waals surface area contributed by atoms with Gasteiger partial charge in [-0.2, -0.15) is 0 Å². The van der Waals surface area contributed by atoms with E-state index in [2.05, 4.69) is 27.7 Å². The van der Waals surface area contributed by atoms with Gasteiger partial charge >= 0.3 is 0 Å². The molecule has 0 unspecified atom stereocenters. The van der Waals surface area contributed by atoms with E-state index in [-0.39, 0.29) is 17.4 Å². The van der Waals surface area contributed by atoms with E-state index in [9.17, 15) is 15.0 Å². The number of fused-ring (bicyclic) bond motifs is 3. The van der Waals surface area contributed by atoms with Crippen molar-refractivity contribution >= 4 is 5.78 Å². The molecule has 128 valence electrons. The SMILES string of the molecule is CC1=C2C(=O)C[C@@]2(C)[C@@H]2C[C@]3(O)CC[C@@H](C)[C@@]2(CC1)[C@@]3(C)CO. The molecule has 0 radical (unpaired) electrons. The van der Waals surface area contributed by atoms with Crippen molar-refractivity contribution in [3.8, 4) is 0 Å². The first-order valence-electron chi connectivity index (χ1n) is 9.23. The third-order valence-corrected chi connectivity index (χ3v) is 8.89. The summed E-state index contributed by atoms with van der Waals surface area (Å²) < 4.78 is 0. The molecule has 2 N–H and O–H groups in total. The highest BCUT2D eigenvalue weighted by atomic mass is 16.3. The van der Waals surface area contributed by atoms with E-state index < -0.39 is 11.0 Å². The van der Waals surface area contributed by atoms with Crippen molar-refractivity contribution in [3.05, 3.63) is 11.1 Å². The van der Waals surface area contributed by atoms with Crippen LogP contribution in [0, 0.1) is 28.1 Å². The van der Waals surface area contributed by atoms with Crippen LogP contribution in [0.5, 0.6) is 0 Å². The van der Waals surface area contributed by atoms with Gasteiger partial charge in [0.2, 0.25) is 0 Å². The molecule has 4 aliphatic rings. The quantitative estimate of drug-likeness (QED) is 0.780. The first kappa shape index (κ1) is 15.8. The van der Waals surface area contributed by atoms with E-state index in [1.54, 1.807) is 0 Å². The smallest absolute Gasteiger partial charge is 0.160 e. The normalized spacial score (nSPS) is 55.1. The average Bonchev–Trinajstić information content (AvgIpc) is 2.55. The Bertz CT molecular complexity index is 622. The lowest BCUT2D eigenvalue weighted by atomic mass is 9.44. The van der Waals surface area contributed by atoms with Crippen LogP contribution in [0.3, 0.4) is 0 Å². The van der Waals surface area contributed by atoms with Gasteiger partial charge in [-0.3, -0.25) is 4.79 Å². The van der Waals surface area contributed by atoms with Crippen molar-refractivity contribution in [2.75, 3.05) is 6.61 Å². The van der Waals surface area contributed by atoms with Gasteiger partial charge < -0.3 is 10.2 Å². The minimum absolute atomic E-state index is 0.0444. The Hall–Kier alpha value is -0.670. The van der Waals surface area contributed by atoms with E-state index in [1.165, 1.54) is 5.57 Å². The molecule has 1 spiro atoms. The van der Waals surface area contributed by atoms with E-state index >= 15 is 0 Å². The number of aliphatic hydroxyl groups is 2. The monoisotopic (exact) mass is 318 g/mol. The molecular formula is C20H30O3. The third kappa shape index (κ3) is 1.44. The number of ketones is 1. The largest absolute Gasteiger partial charge is 0.396 e. The molecule has 0 aliphatic heterocycles. The zero-order valence-corrected chi connectivity index (χ0v) is 14.9. The van der Waals surface area contributed by atoms with E-state index in [0.717, 1.165) is 37.7 Å². The van der Waals surface area contributed by atoms with Gasteiger partial charge in [0.25, 0.3) is 0 Å². The predicted molar refractivity (Wildman–Crippen MR) is 88.7 cm³/mol. The highest BCUT2D eigenvalue weighted by Gasteiger charge is 2.76. The summed E-state index contributed by atoms with van der Waals surface area (Å²) in [6.07, 6.45) is 5.11. The summed E-state index contributed by atoms with van der Waals surface area (Å²) in [4.78, 5) is 12.3. The number of hydrogen-bond acceptors (Lipinski definition) is 3. The van der Waals surface area contributed by atoms with Crippen molar-refractivity contribution in [1.29, 1.82) is 0 Å². The molecule has 4 aliphatic carbocycles. The van der Waals surface area contributed by atoms with Crippen LogP contribution in [0.25, 0.3) is 0 Å². The summed E-state index contributed by atoms with van der Waals surface area (Å²) in [5.74, 6) is 1.10. The lowest BCUT2D eigenvalue weighted by Crippen LogP contribution is -2.60. The molecule has 2 bridgehead atoms. The highest BCUT2D eigenvalue weighted by molar-refractivity contribution is 6.05. The molecule has 6 atom stereocenters. The number of rotatable bonds is 1. The zero-order chi connectivity index (χ0) is 16.8. The van der Waals surface area contributed by atoms with Gasteiger partial charge in [-0.05, 0) is 56.3 Å². The van der Waals surface area contributed by atoms with Gasteiger partial charge in [0.05, 0.1) is 12.2 Å². The fourth-order valence-corrected chi connectivity index (χ4v) is 7.59. The summed E-state index contributed by atoms with van der Waals surface area (Å²) in [6, 6.07) is 0. The predicted octanol–water partition coefficient (Wildman–Crippen LogP) is 3.24. The summed E-state index contributed by atoms with van der Waals surface area (Å²) in [7, 11) is 0. The fourth-order valence-electron chi connectivity index (χ4n) is 7.59. The maximum absolute atomic E-state index is 12.3. The number of carbonyl (C=O) groups is 1. The zero-order valence-electron chi connectivity index (χ0n) is 14.9. The number of carbonyl (C=O) groups excluding carboxylic acids is 1. The van der Waals surface area contributed by atoms with Crippen molar-refractivity contribution in [1.82, 2.24) is 0 Å². The third-order valence-electron chi connectivity index (χ3n) is 8.89. The van der Waals surface area contributed by atoms with Crippen LogP contribution >= 0.6 is 0 Å². The topological polar surface area (TPSA) is 57.5 Å². The molecule has 0 aromatic rings. The van der Waals surface area contributed by atoms with Crippen LogP contribution in [0.2, 0.25) is 0 Å². The molecular weight excluding hydrogens is 288 g/mol. The molecule has 3 fully saturated rings. The standard InChI is InChI=1S/C20H30O3/c1-12-5-8-20-13(2)6-7-19(23,18(20,4)11-21)10-15(20)17(3)9-14(22)16(12)17/h13,15,21,23H,5-11H2,1-4H3/t13-,15+,17+,18+,19-,20-/m1/s1. The first-order valence-corrected chi connectivity index (χ1v) is 9.23. The molecule has 0 heterocycles. The summed E-state index contributed by atoms with van der Waals surface area (Å²) in [5, 5.41) is 21.9. The van der Waals surface area contributed by atoms with Gasteiger partial charge in [0, 0.05) is 22.8 Å². The van der Waals surface area contributed by atoms with Crippen molar-refractivity contribution in [2.24, 2.45) is 28.1 Å². The van der Waals surface area contributed by atoms with Gasteiger partial charge in [-0.1, -0.05) is 26.3 Å². The Kier molecular flexibility index (Phi) is 2.95. The summed E-state index contributed by atoms with van der Waals surface area (Å²) >= 11 is 0. The minimum atomic E-state index is -0.781. The van der Waals surface area contributed by atoms with Crippen molar-refractivity contribution in [3.63, 3.8) is 0 Å². The van der Waals surface area contributed by atoms with Gasteiger partial charge in [-0.25, -0.2) is 0 Å². The van der Waals surface area contributed by atoms with Gasteiger partial charge in [0.1, 0.15) is 0 Å². The molecule has 3 nitrogen and oxygen atoms in total. The Morgan fingerprint density at radius 2 is 1.96 bits per heavy atom. The number of Topliss-reactive ketones (excluding diaryl/α,β-unsaturated/α-hetero) is 1. The number of hydrogen-bond donors (Lipinski definition) is 2. The maximum atomic E-state index is 12.3. The first-order chi connectivity index (χ1) is 10.7. The van der Waals surface area contributed by atoms with Crippen molar-refractivity contribution < 1.29 is 15.0 Å². The molecule has 0 amide bonds. The Morgan fingerprint density at radius 1 is 1.26 bits per heavy atom. The second kappa shape index (κ2) is 4.29. The van der Waals surface area contributed by atoms with Gasteiger partial charge in [-0.15, -0.1) is 0 Å². The van der Waals surface area contributed by atoms with E-state index in [1.807, 2.05) is 0 Å². The Labute approximate surface area is 139 Å². The Morgan fingerprint density at radius 3 is 2.57 bits per heavy atom. The van der Waals surface area contributed by atoms with Crippen LogP contribution in [0.4, 0.5) is 0 Å². The van der Waals surface area contributed by atoms with Crippen LogP contribution in [0.1, 0.15) is 66.2 Å². The molecule has 3 saturated carbocycles. The summed E-state index contributed by atoms with van der Waals surface area (Å²) in [5.41, 5.74) is 0.915. The molecule has 4 rings (SSSR count). The average molecular weight is 318 g/mol. The van der Waals surface area contributed by atoms with Crippen LogP contribution in [-0.4, -0.2) is 28.2 Å². The molecule has 3 heteroatoms. The second-order valence-corrected chi connectivity index (χ2v) is 9.43. The maximum Gasteiger partial charge on any atom is 0.160 e. The number of allylic oxidation sites excluding steroid dienone is 2. The van der Waals surface area contributed by atoms with E-state index in [0.29, 0.717) is 24.0 Å². The fraction of sp³-hybridized carbons (Fsp3) is 0.850. The van der Waals surface area contributed by atoms with Crippen molar-refractivity contribution in [2.45, 2.75) is 71.8 Å². The Balaban J connectivity index is 1.95. The van der Waals surface area contributed by atoms with Gasteiger partial charge in [0.15, 0.2) is 5.78 Å².